The molecular weight excluding hydrogens is 778 g/mol. The summed E-state index contributed by atoms with van der Waals surface area (Å²) in [5.74, 6) is -2.40. The van der Waals surface area contributed by atoms with Gasteiger partial charge in [-0.25, -0.2) is 9.59 Å². The second-order valence-electron chi connectivity index (χ2n) is 13.0. The van der Waals surface area contributed by atoms with Crippen molar-refractivity contribution in [1.82, 2.24) is 15.0 Å². The van der Waals surface area contributed by atoms with Gasteiger partial charge in [0.05, 0.1) is 41.0 Å². The third kappa shape index (κ3) is 9.32. The Labute approximate surface area is 334 Å². The predicted octanol–water partition coefficient (Wildman–Crippen LogP) is 8.76. The number of aromatic carboxylic acids is 1. The number of carboxylic acid groups (broad SMARTS) is 1. The van der Waals surface area contributed by atoms with E-state index in [1.807, 2.05) is 31.2 Å². The molecule has 1 amide bonds. The standard InChI is InChI=1S/C40H36ClN5O8S2/c1-22-5-7-23(8-6-22)34-32(29(21-56-34)45-36(48)27-19-42-16-17-43-27)39(51)54-40(2,3)15-18-53-37-26(13-14-30(46-37)52-4)35(47)44-28-20-55-33(31(28)38(49)50)24-9-11-25(41)12-10-24/h5-14,16-17,19-21,36,45,48H,15,18H2,1-4H3,(H,44,47)(H,49,50). The number of hydrogen-bond acceptors (Lipinski definition) is 13. The molecule has 288 valence electrons. The summed E-state index contributed by atoms with van der Waals surface area (Å²) in [5.41, 5.74) is 2.31. The van der Waals surface area contributed by atoms with Gasteiger partial charge in [-0.3, -0.25) is 14.8 Å². The number of rotatable bonds is 15. The largest absolute Gasteiger partial charge is 0.481 e. The number of halogens is 1. The van der Waals surface area contributed by atoms with Crippen molar-refractivity contribution in [2.45, 2.75) is 39.0 Å². The number of aromatic nitrogens is 3. The van der Waals surface area contributed by atoms with Gasteiger partial charge < -0.3 is 35.1 Å². The minimum atomic E-state index is -1.25. The van der Waals surface area contributed by atoms with Crippen molar-refractivity contribution in [3.63, 3.8) is 0 Å². The number of aliphatic hydroxyl groups is 1. The highest BCUT2D eigenvalue weighted by Crippen LogP contribution is 2.40. The SMILES string of the molecule is COc1ccc(C(=O)Nc2csc(-c3ccc(Cl)cc3)c2C(=O)O)c(OCCC(C)(C)OC(=O)c2c(NC(O)c3cnccn3)csc2-c2ccc(C)cc2)n1. The first-order chi connectivity index (χ1) is 26.8. The topological polar surface area (TPSA) is 182 Å². The van der Waals surface area contributed by atoms with E-state index in [4.69, 9.17) is 25.8 Å². The van der Waals surface area contributed by atoms with Gasteiger partial charge in [0, 0.05) is 40.7 Å². The molecule has 4 aromatic heterocycles. The van der Waals surface area contributed by atoms with E-state index >= 15 is 0 Å². The number of thiophene rings is 2. The molecule has 0 aliphatic rings. The summed E-state index contributed by atoms with van der Waals surface area (Å²) in [4.78, 5) is 53.6. The number of methoxy groups -OCH3 is 1. The average Bonchev–Trinajstić information content (AvgIpc) is 3.80. The zero-order valence-electron chi connectivity index (χ0n) is 30.5. The molecule has 1 unspecified atom stereocenters. The van der Waals surface area contributed by atoms with E-state index in [0.717, 1.165) is 11.1 Å². The van der Waals surface area contributed by atoms with Gasteiger partial charge in [0.2, 0.25) is 11.8 Å². The lowest BCUT2D eigenvalue weighted by atomic mass is 10.0. The van der Waals surface area contributed by atoms with Crippen molar-refractivity contribution in [3.05, 3.63) is 123 Å². The van der Waals surface area contributed by atoms with Gasteiger partial charge in [0.25, 0.3) is 5.91 Å². The Bertz CT molecular complexity index is 2350. The molecule has 56 heavy (non-hydrogen) atoms. The minimum Gasteiger partial charge on any atom is -0.481 e. The monoisotopic (exact) mass is 813 g/mol. The van der Waals surface area contributed by atoms with Crippen LogP contribution in [-0.4, -0.2) is 62.3 Å². The fourth-order valence-corrected chi connectivity index (χ4v) is 7.62. The van der Waals surface area contributed by atoms with E-state index in [-0.39, 0.29) is 52.9 Å². The van der Waals surface area contributed by atoms with Crippen molar-refractivity contribution < 1.29 is 38.8 Å². The number of ether oxygens (including phenoxy) is 3. The molecule has 0 aliphatic heterocycles. The maximum atomic E-state index is 14.0. The number of amides is 1. The summed E-state index contributed by atoms with van der Waals surface area (Å²) in [6.07, 6.45) is 3.29. The number of pyridine rings is 1. The van der Waals surface area contributed by atoms with Crippen LogP contribution in [0.3, 0.4) is 0 Å². The van der Waals surface area contributed by atoms with Crippen molar-refractivity contribution >= 4 is 63.5 Å². The fraction of sp³-hybridized carbons (Fsp3) is 0.200. The number of nitrogens with one attached hydrogen (secondary N) is 2. The number of esters is 1. The molecule has 0 aliphatic carbocycles. The van der Waals surface area contributed by atoms with E-state index in [9.17, 15) is 24.6 Å². The number of carbonyl (C=O) groups is 3. The Morgan fingerprint density at radius 2 is 1.57 bits per heavy atom. The van der Waals surface area contributed by atoms with Gasteiger partial charge in [-0.15, -0.1) is 22.7 Å². The summed E-state index contributed by atoms with van der Waals surface area (Å²) in [6, 6.07) is 17.4. The highest BCUT2D eigenvalue weighted by molar-refractivity contribution is 7.15. The van der Waals surface area contributed by atoms with Crippen LogP contribution in [0.25, 0.3) is 20.9 Å². The smallest absolute Gasteiger partial charge is 0.342 e. The predicted molar refractivity (Wildman–Crippen MR) is 215 cm³/mol. The van der Waals surface area contributed by atoms with Gasteiger partial charge >= 0.3 is 11.9 Å². The average molecular weight is 814 g/mol. The number of carboxylic acids is 1. The molecule has 0 fully saturated rings. The van der Waals surface area contributed by atoms with Crippen LogP contribution >= 0.6 is 34.3 Å². The van der Waals surface area contributed by atoms with Crippen LogP contribution in [0.15, 0.2) is 90.0 Å². The number of aliphatic hydroxyl groups excluding tert-OH is 1. The van der Waals surface area contributed by atoms with Crippen molar-refractivity contribution in [3.8, 4) is 32.6 Å². The zero-order chi connectivity index (χ0) is 40.0. The molecule has 0 radical (unpaired) electrons. The van der Waals surface area contributed by atoms with Crippen molar-refractivity contribution in [1.29, 1.82) is 0 Å². The van der Waals surface area contributed by atoms with Crippen LogP contribution < -0.4 is 20.1 Å². The first-order valence-corrected chi connectivity index (χ1v) is 19.2. The Morgan fingerprint density at radius 1 is 0.911 bits per heavy atom. The number of benzene rings is 2. The highest BCUT2D eigenvalue weighted by Gasteiger charge is 2.30. The van der Waals surface area contributed by atoms with Crippen LogP contribution in [0.4, 0.5) is 11.4 Å². The molecule has 6 rings (SSSR count). The number of anilines is 2. The molecule has 6 aromatic rings. The molecule has 0 spiro atoms. The lowest BCUT2D eigenvalue weighted by Gasteiger charge is -2.26. The van der Waals surface area contributed by atoms with E-state index in [2.05, 4.69) is 25.6 Å². The summed E-state index contributed by atoms with van der Waals surface area (Å²) < 4.78 is 17.4. The van der Waals surface area contributed by atoms with Gasteiger partial charge in [0.15, 0.2) is 6.23 Å². The molecule has 2 aromatic carbocycles. The summed E-state index contributed by atoms with van der Waals surface area (Å²) >= 11 is 8.51. The second kappa shape index (κ2) is 17.3. The van der Waals surface area contributed by atoms with Gasteiger partial charge in [-0.2, -0.15) is 4.98 Å². The quantitative estimate of drug-likeness (QED) is 0.0572. The third-order valence-electron chi connectivity index (χ3n) is 8.42. The van der Waals surface area contributed by atoms with Gasteiger partial charge in [-0.05, 0) is 50.1 Å². The number of carbonyl (C=O) groups excluding carboxylic acids is 2. The second-order valence-corrected chi connectivity index (χ2v) is 15.2. The molecular formula is C40H36ClN5O8S2. The van der Waals surface area contributed by atoms with E-state index in [1.165, 1.54) is 60.5 Å². The van der Waals surface area contributed by atoms with E-state index in [0.29, 0.717) is 26.0 Å². The molecule has 0 saturated heterocycles. The molecule has 4 heterocycles. The zero-order valence-corrected chi connectivity index (χ0v) is 32.9. The summed E-state index contributed by atoms with van der Waals surface area (Å²) in [5, 5.41) is 30.4. The maximum absolute atomic E-state index is 14.0. The number of aryl methyl sites for hydroxylation is 1. The van der Waals surface area contributed by atoms with Crippen LogP contribution in [-0.2, 0) is 4.74 Å². The Kier molecular flexibility index (Phi) is 12.3. The molecule has 1 atom stereocenters. The normalized spacial score (nSPS) is 11.8. The molecule has 0 bridgehead atoms. The Morgan fingerprint density at radius 3 is 2.21 bits per heavy atom. The first kappa shape index (κ1) is 39.8. The molecule has 16 heteroatoms. The summed E-state index contributed by atoms with van der Waals surface area (Å²) in [7, 11) is 1.42. The molecule has 0 saturated carbocycles. The van der Waals surface area contributed by atoms with Crippen LogP contribution in [0.1, 0.15) is 68.8 Å². The number of nitrogens with zero attached hydrogens (tertiary/aromatic N) is 3. The first-order valence-electron chi connectivity index (χ1n) is 17.1. The minimum absolute atomic E-state index is 0.0228. The highest BCUT2D eigenvalue weighted by atomic mass is 35.5. The molecule has 13 nitrogen and oxygen atoms in total. The van der Waals surface area contributed by atoms with Gasteiger partial charge in [-0.1, -0.05) is 53.6 Å². The Hall–Kier alpha value is -5.87. The third-order valence-corrected chi connectivity index (χ3v) is 10.7. The van der Waals surface area contributed by atoms with Crippen molar-refractivity contribution in [2.24, 2.45) is 0 Å². The fourth-order valence-electron chi connectivity index (χ4n) is 5.49. The maximum Gasteiger partial charge on any atom is 0.342 e. The van der Waals surface area contributed by atoms with E-state index < -0.39 is 29.7 Å². The lowest BCUT2D eigenvalue weighted by molar-refractivity contribution is -0.00933. The number of hydrogen-bond donors (Lipinski definition) is 4. The van der Waals surface area contributed by atoms with Gasteiger partial charge in [0.1, 0.15) is 28.0 Å². The summed E-state index contributed by atoms with van der Waals surface area (Å²) in [6.45, 7) is 5.38. The molecule has 4 N–H and O–H groups in total. The van der Waals surface area contributed by atoms with Crippen molar-refractivity contribution in [2.75, 3.05) is 24.4 Å². The van der Waals surface area contributed by atoms with Crippen LogP contribution in [0, 0.1) is 6.92 Å². The lowest BCUT2D eigenvalue weighted by Crippen LogP contribution is -2.31. The van der Waals surface area contributed by atoms with Crippen LogP contribution in [0.5, 0.6) is 11.8 Å². The van der Waals surface area contributed by atoms with E-state index in [1.54, 1.807) is 48.9 Å². The Balaban J connectivity index is 1.18. The van der Waals surface area contributed by atoms with Crippen LogP contribution in [0.2, 0.25) is 5.02 Å².